The van der Waals surface area contributed by atoms with Crippen molar-refractivity contribution in [1.82, 2.24) is 10.2 Å². The summed E-state index contributed by atoms with van der Waals surface area (Å²) in [5.74, 6) is -0.109. The van der Waals surface area contributed by atoms with Crippen LogP contribution in [0.2, 0.25) is 0 Å². The first-order valence-corrected chi connectivity index (χ1v) is 7.72. The second kappa shape index (κ2) is 6.68. The molecule has 1 aliphatic heterocycles. The van der Waals surface area contributed by atoms with Crippen LogP contribution in [0.5, 0.6) is 0 Å². The summed E-state index contributed by atoms with van der Waals surface area (Å²) in [6.45, 7) is 7.80. The zero-order chi connectivity index (χ0) is 14.6. The van der Waals surface area contributed by atoms with E-state index in [1.165, 1.54) is 19.3 Å². The lowest BCUT2D eigenvalue weighted by molar-refractivity contribution is 0.106. The number of hydrogen-bond donors (Lipinski definition) is 1. The van der Waals surface area contributed by atoms with Crippen molar-refractivity contribution in [3.05, 3.63) is 35.6 Å². The normalized spacial score (nSPS) is 20.8. The van der Waals surface area contributed by atoms with Crippen molar-refractivity contribution in [3.63, 3.8) is 0 Å². The maximum Gasteiger partial charge on any atom is 0.128 e. The quantitative estimate of drug-likeness (QED) is 0.885. The van der Waals surface area contributed by atoms with E-state index in [1.807, 2.05) is 19.2 Å². The van der Waals surface area contributed by atoms with Crippen LogP contribution < -0.4 is 5.32 Å². The van der Waals surface area contributed by atoms with E-state index in [1.54, 1.807) is 12.1 Å². The summed E-state index contributed by atoms with van der Waals surface area (Å²) in [5, 5.41) is 3.26. The molecule has 20 heavy (non-hydrogen) atoms. The summed E-state index contributed by atoms with van der Waals surface area (Å²) >= 11 is 0. The number of piperidine rings is 1. The summed E-state index contributed by atoms with van der Waals surface area (Å²) in [5.41, 5.74) is 1.28. The lowest BCUT2D eigenvalue weighted by Gasteiger charge is -2.40. The van der Waals surface area contributed by atoms with E-state index < -0.39 is 0 Å². The van der Waals surface area contributed by atoms with Crippen molar-refractivity contribution < 1.29 is 4.39 Å². The van der Waals surface area contributed by atoms with E-state index in [2.05, 4.69) is 24.1 Å². The van der Waals surface area contributed by atoms with Gasteiger partial charge in [-0.2, -0.15) is 0 Å². The van der Waals surface area contributed by atoms with Gasteiger partial charge in [-0.3, -0.25) is 0 Å². The van der Waals surface area contributed by atoms with E-state index in [0.717, 1.165) is 25.2 Å². The van der Waals surface area contributed by atoms with E-state index >= 15 is 0 Å². The molecule has 1 aromatic carbocycles. The Hall–Kier alpha value is -0.930. The maximum atomic E-state index is 13.9. The number of rotatable bonds is 5. The van der Waals surface area contributed by atoms with Gasteiger partial charge < -0.3 is 10.2 Å². The first-order chi connectivity index (χ1) is 9.58. The molecule has 3 heteroatoms. The lowest BCUT2D eigenvalue weighted by atomic mass is 9.78. The molecular weight excluding hydrogens is 251 g/mol. The minimum absolute atomic E-state index is 0.0715. The Morgan fingerprint density at radius 3 is 2.50 bits per heavy atom. The third-order valence-corrected chi connectivity index (χ3v) is 4.99. The highest BCUT2D eigenvalue weighted by molar-refractivity contribution is 5.21. The molecule has 1 fully saturated rings. The third-order valence-electron chi connectivity index (χ3n) is 4.99. The Morgan fingerprint density at radius 2 is 1.95 bits per heavy atom. The molecule has 1 atom stereocenters. The van der Waals surface area contributed by atoms with E-state index in [0.29, 0.717) is 5.41 Å². The molecule has 0 aliphatic carbocycles. The van der Waals surface area contributed by atoms with Gasteiger partial charge in [-0.05, 0) is 44.5 Å². The van der Waals surface area contributed by atoms with Crippen LogP contribution in [0.3, 0.4) is 0 Å². The Labute approximate surface area is 122 Å². The molecule has 1 aliphatic rings. The highest BCUT2D eigenvalue weighted by Gasteiger charge is 2.29. The van der Waals surface area contributed by atoms with Gasteiger partial charge in [0.2, 0.25) is 0 Å². The van der Waals surface area contributed by atoms with Crippen LogP contribution in [0.1, 0.15) is 44.7 Å². The van der Waals surface area contributed by atoms with Gasteiger partial charge in [0.15, 0.2) is 0 Å². The van der Waals surface area contributed by atoms with Gasteiger partial charge in [-0.15, -0.1) is 0 Å². The SMILES string of the molecule is CCC1(C)CCN(CC(NC)c2ccccc2F)CC1. The molecule has 0 aromatic heterocycles. The summed E-state index contributed by atoms with van der Waals surface area (Å²) in [4.78, 5) is 2.46. The highest BCUT2D eigenvalue weighted by Crippen LogP contribution is 2.34. The van der Waals surface area contributed by atoms with Gasteiger partial charge in [-0.1, -0.05) is 38.5 Å². The number of nitrogens with one attached hydrogen (secondary N) is 1. The van der Waals surface area contributed by atoms with Gasteiger partial charge in [0, 0.05) is 18.2 Å². The molecule has 1 unspecified atom stereocenters. The molecule has 1 heterocycles. The number of nitrogens with zero attached hydrogens (tertiary/aromatic N) is 1. The molecule has 1 N–H and O–H groups in total. The molecule has 2 nitrogen and oxygen atoms in total. The topological polar surface area (TPSA) is 15.3 Å². The van der Waals surface area contributed by atoms with Crippen molar-refractivity contribution in [3.8, 4) is 0 Å². The Bertz CT molecular complexity index is 425. The van der Waals surface area contributed by atoms with Crippen molar-refractivity contribution in [2.45, 2.75) is 39.2 Å². The second-order valence-electron chi connectivity index (χ2n) is 6.33. The lowest BCUT2D eigenvalue weighted by Crippen LogP contribution is -2.42. The van der Waals surface area contributed by atoms with Gasteiger partial charge in [0.25, 0.3) is 0 Å². The van der Waals surface area contributed by atoms with E-state index in [9.17, 15) is 4.39 Å². The van der Waals surface area contributed by atoms with Crippen molar-refractivity contribution in [2.75, 3.05) is 26.7 Å². The summed E-state index contributed by atoms with van der Waals surface area (Å²) < 4.78 is 13.9. The number of halogens is 1. The largest absolute Gasteiger partial charge is 0.312 e. The number of hydrogen-bond acceptors (Lipinski definition) is 2. The first-order valence-electron chi connectivity index (χ1n) is 7.72. The molecule has 1 aromatic rings. The van der Waals surface area contributed by atoms with Gasteiger partial charge in [0.05, 0.1) is 0 Å². The Kier molecular flexibility index (Phi) is 5.17. The number of likely N-dealkylation sites (tertiary alicyclic amines) is 1. The Morgan fingerprint density at radius 1 is 1.30 bits per heavy atom. The predicted octanol–water partition coefficient (Wildman–Crippen LogP) is 3.60. The molecule has 0 amide bonds. The second-order valence-corrected chi connectivity index (χ2v) is 6.33. The minimum atomic E-state index is -0.109. The van der Waals surface area contributed by atoms with Gasteiger partial charge >= 0.3 is 0 Å². The molecular formula is C17H27FN2. The summed E-state index contributed by atoms with van der Waals surface area (Å²) in [6.07, 6.45) is 3.75. The molecule has 0 spiro atoms. The van der Waals surface area contributed by atoms with Crippen LogP contribution in [0.4, 0.5) is 4.39 Å². The molecule has 2 rings (SSSR count). The third kappa shape index (κ3) is 3.58. The van der Waals surface area contributed by atoms with Gasteiger partial charge in [0.1, 0.15) is 5.82 Å². The zero-order valence-electron chi connectivity index (χ0n) is 13.0. The molecule has 1 saturated heterocycles. The van der Waals surface area contributed by atoms with Gasteiger partial charge in [-0.25, -0.2) is 4.39 Å². The average Bonchev–Trinajstić information content (AvgIpc) is 2.48. The summed E-state index contributed by atoms with van der Waals surface area (Å²) in [6, 6.07) is 7.16. The van der Waals surface area contributed by atoms with Crippen LogP contribution in [-0.4, -0.2) is 31.6 Å². The molecule has 0 radical (unpaired) electrons. The predicted molar refractivity (Wildman–Crippen MR) is 82.3 cm³/mol. The van der Waals surface area contributed by atoms with Crippen molar-refractivity contribution in [2.24, 2.45) is 5.41 Å². The zero-order valence-corrected chi connectivity index (χ0v) is 13.0. The maximum absolute atomic E-state index is 13.9. The fourth-order valence-corrected chi connectivity index (χ4v) is 2.99. The standard InChI is InChI=1S/C17H27FN2/c1-4-17(2)9-11-20(12-10-17)13-16(19-3)14-7-5-6-8-15(14)18/h5-8,16,19H,4,9-13H2,1-3H3. The average molecular weight is 278 g/mol. The van der Waals surface area contributed by atoms with Crippen LogP contribution in [0, 0.1) is 11.2 Å². The summed E-state index contributed by atoms with van der Waals surface area (Å²) in [7, 11) is 1.91. The minimum Gasteiger partial charge on any atom is -0.312 e. The Balaban J connectivity index is 1.97. The van der Waals surface area contributed by atoms with Crippen LogP contribution >= 0.6 is 0 Å². The monoisotopic (exact) mass is 278 g/mol. The van der Waals surface area contributed by atoms with Crippen LogP contribution in [-0.2, 0) is 0 Å². The first kappa shape index (κ1) is 15.5. The van der Waals surface area contributed by atoms with Crippen LogP contribution in [0.15, 0.2) is 24.3 Å². The molecule has 0 bridgehead atoms. The fraction of sp³-hybridized carbons (Fsp3) is 0.647. The van der Waals surface area contributed by atoms with E-state index in [4.69, 9.17) is 0 Å². The molecule has 112 valence electrons. The van der Waals surface area contributed by atoms with Crippen molar-refractivity contribution >= 4 is 0 Å². The molecule has 0 saturated carbocycles. The number of benzene rings is 1. The van der Waals surface area contributed by atoms with Crippen molar-refractivity contribution in [1.29, 1.82) is 0 Å². The number of likely N-dealkylation sites (N-methyl/N-ethyl adjacent to an activating group) is 1. The van der Waals surface area contributed by atoms with Crippen LogP contribution in [0.25, 0.3) is 0 Å². The van der Waals surface area contributed by atoms with E-state index in [-0.39, 0.29) is 11.9 Å². The fourth-order valence-electron chi connectivity index (χ4n) is 2.99. The smallest absolute Gasteiger partial charge is 0.128 e. The highest BCUT2D eigenvalue weighted by atomic mass is 19.1.